The molecule has 0 aliphatic heterocycles. The van der Waals surface area contributed by atoms with Crippen LogP contribution in [0.15, 0.2) is 48.5 Å². The summed E-state index contributed by atoms with van der Waals surface area (Å²) in [5.74, 6) is -0.912. The van der Waals surface area contributed by atoms with E-state index in [9.17, 15) is 15.0 Å². The molecule has 4 N–H and O–H groups in total. The number of aromatic hydroxyl groups is 2. The number of phenolic OH excluding ortho intramolecular Hbond substituents is 2. The van der Waals surface area contributed by atoms with Crippen molar-refractivity contribution in [1.82, 2.24) is 0 Å². The first-order valence-electron chi connectivity index (χ1n) is 6.76. The Morgan fingerprint density at radius 1 is 1.09 bits per heavy atom. The van der Waals surface area contributed by atoms with Gasteiger partial charge in [-0.05, 0) is 41.5 Å². The van der Waals surface area contributed by atoms with Crippen LogP contribution in [-0.4, -0.2) is 22.8 Å². The number of nitrogen functional groups attached to an aromatic ring is 1. The molecule has 114 valence electrons. The molecule has 2 aromatic rings. The minimum Gasteiger partial charge on any atom is -0.504 e. The summed E-state index contributed by atoms with van der Waals surface area (Å²) < 4.78 is 5.08. The molecule has 2 rings (SSSR count). The molecule has 5 nitrogen and oxygen atoms in total. The zero-order chi connectivity index (χ0) is 15.9. The fraction of sp³-hybridized carbons (Fsp3) is 0.118. The number of esters is 1. The van der Waals surface area contributed by atoms with Crippen LogP contribution in [0.5, 0.6) is 11.5 Å². The number of hydrogen-bond donors (Lipinski definition) is 3. The van der Waals surface area contributed by atoms with E-state index in [1.807, 2.05) is 12.1 Å². The lowest BCUT2D eigenvalue weighted by molar-refractivity contribution is -0.137. The molecule has 22 heavy (non-hydrogen) atoms. The third kappa shape index (κ3) is 4.56. The van der Waals surface area contributed by atoms with Gasteiger partial charge in [0.1, 0.15) is 0 Å². The first-order chi connectivity index (χ1) is 10.5. The molecule has 0 saturated carbocycles. The Morgan fingerprint density at radius 3 is 2.50 bits per heavy atom. The third-order valence-electron chi connectivity index (χ3n) is 3.03. The van der Waals surface area contributed by atoms with E-state index >= 15 is 0 Å². The number of ether oxygens (including phenoxy) is 1. The van der Waals surface area contributed by atoms with Crippen LogP contribution in [0.4, 0.5) is 5.69 Å². The summed E-state index contributed by atoms with van der Waals surface area (Å²) >= 11 is 0. The minimum atomic E-state index is -0.469. The van der Waals surface area contributed by atoms with Crippen molar-refractivity contribution in [1.29, 1.82) is 0 Å². The van der Waals surface area contributed by atoms with Gasteiger partial charge >= 0.3 is 5.97 Å². The Morgan fingerprint density at radius 2 is 1.82 bits per heavy atom. The van der Waals surface area contributed by atoms with Gasteiger partial charge in [-0.15, -0.1) is 0 Å². The molecule has 0 aliphatic rings. The van der Waals surface area contributed by atoms with E-state index < -0.39 is 5.97 Å². The lowest BCUT2D eigenvalue weighted by Gasteiger charge is -2.03. The Balaban J connectivity index is 1.81. The van der Waals surface area contributed by atoms with E-state index in [1.54, 1.807) is 18.2 Å². The maximum absolute atomic E-state index is 11.6. The van der Waals surface area contributed by atoms with Crippen LogP contribution in [0.1, 0.15) is 11.1 Å². The van der Waals surface area contributed by atoms with Crippen LogP contribution < -0.4 is 5.73 Å². The molecule has 2 aromatic carbocycles. The summed E-state index contributed by atoms with van der Waals surface area (Å²) in [7, 11) is 0. The van der Waals surface area contributed by atoms with Gasteiger partial charge in [-0.1, -0.05) is 18.2 Å². The van der Waals surface area contributed by atoms with Crippen molar-refractivity contribution in [2.45, 2.75) is 6.42 Å². The molecule has 0 fully saturated rings. The highest BCUT2D eigenvalue weighted by Gasteiger charge is 2.01. The Kier molecular flexibility index (Phi) is 5.03. The molecular weight excluding hydrogens is 282 g/mol. The quantitative estimate of drug-likeness (QED) is 0.341. The molecule has 0 aromatic heterocycles. The van der Waals surface area contributed by atoms with Crippen molar-refractivity contribution in [2.24, 2.45) is 0 Å². The van der Waals surface area contributed by atoms with Gasteiger partial charge in [0.05, 0.1) is 6.61 Å². The van der Waals surface area contributed by atoms with E-state index in [2.05, 4.69) is 0 Å². The summed E-state index contributed by atoms with van der Waals surface area (Å²) in [6.45, 7) is 0.272. The predicted molar refractivity (Wildman–Crippen MR) is 84.3 cm³/mol. The number of nitrogens with two attached hydrogens (primary N) is 1. The maximum Gasteiger partial charge on any atom is 0.330 e. The summed E-state index contributed by atoms with van der Waals surface area (Å²) in [6.07, 6.45) is 3.39. The molecule has 0 aliphatic carbocycles. The molecule has 0 saturated heterocycles. The number of carbonyl (C=O) groups excluding carboxylic acids is 1. The first-order valence-corrected chi connectivity index (χ1v) is 6.76. The van der Waals surface area contributed by atoms with E-state index in [1.165, 1.54) is 24.3 Å². The maximum atomic E-state index is 11.6. The minimum absolute atomic E-state index is 0.205. The number of rotatable bonds is 5. The van der Waals surface area contributed by atoms with Crippen LogP contribution in [-0.2, 0) is 16.0 Å². The van der Waals surface area contributed by atoms with E-state index in [4.69, 9.17) is 10.5 Å². The highest BCUT2D eigenvalue weighted by Crippen LogP contribution is 2.25. The van der Waals surface area contributed by atoms with Gasteiger partial charge in [0.15, 0.2) is 11.5 Å². The highest BCUT2D eigenvalue weighted by molar-refractivity contribution is 5.87. The molecular formula is C17H17NO4. The van der Waals surface area contributed by atoms with Crippen LogP contribution in [0.25, 0.3) is 6.08 Å². The zero-order valence-electron chi connectivity index (χ0n) is 11.9. The summed E-state index contributed by atoms with van der Waals surface area (Å²) in [6, 6.07) is 11.7. The van der Waals surface area contributed by atoms with Crippen molar-refractivity contribution in [3.05, 3.63) is 59.7 Å². The van der Waals surface area contributed by atoms with Gasteiger partial charge in [0.2, 0.25) is 0 Å². The number of benzene rings is 2. The van der Waals surface area contributed by atoms with Crippen molar-refractivity contribution in [3.63, 3.8) is 0 Å². The van der Waals surface area contributed by atoms with Gasteiger partial charge in [-0.3, -0.25) is 0 Å². The number of hydrogen-bond acceptors (Lipinski definition) is 5. The third-order valence-corrected chi connectivity index (χ3v) is 3.03. The Bertz CT molecular complexity index is 678. The van der Waals surface area contributed by atoms with Crippen LogP contribution in [0.2, 0.25) is 0 Å². The van der Waals surface area contributed by atoms with Crippen LogP contribution >= 0.6 is 0 Å². The van der Waals surface area contributed by atoms with Crippen molar-refractivity contribution < 1.29 is 19.7 Å². The monoisotopic (exact) mass is 299 g/mol. The molecule has 0 spiro atoms. The highest BCUT2D eigenvalue weighted by atomic mass is 16.5. The number of phenols is 2. The standard InChI is InChI=1S/C17H17NO4/c18-14-5-1-12(2-6-14)9-10-22-17(21)8-4-13-3-7-15(19)16(20)11-13/h1-8,11,19-20H,9-10,18H2/b8-4+. The smallest absolute Gasteiger partial charge is 0.330 e. The SMILES string of the molecule is Nc1ccc(CCOC(=O)/C=C/c2ccc(O)c(O)c2)cc1. The lowest BCUT2D eigenvalue weighted by atomic mass is 10.1. The molecule has 0 radical (unpaired) electrons. The average molecular weight is 299 g/mol. The fourth-order valence-corrected chi connectivity index (χ4v) is 1.81. The van der Waals surface area contributed by atoms with Crippen molar-refractivity contribution in [3.8, 4) is 11.5 Å². The second-order valence-electron chi connectivity index (χ2n) is 4.74. The van der Waals surface area contributed by atoms with E-state index in [-0.39, 0.29) is 18.1 Å². The van der Waals surface area contributed by atoms with Crippen molar-refractivity contribution >= 4 is 17.7 Å². The van der Waals surface area contributed by atoms with Gasteiger partial charge in [-0.2, -0.15) is 0 Å². The Hall–Kier alpha value is -2.95. The zero-order valence-corrected chi connectivity index (χ0v) is 11.9. The van der Waals surface area contributed by atoms with Crippen LogP contribution in [0, 0.1) is 0 Å². The largest absolute Gasteiger partial charge is 0.504 e. The Labute approximate surface area is 128 Å². The second-order valence-corrected chi connectivity index (χ2v) is 4.74. The van der Waals surface area contributed by atoms with E-state index in [0.717, 1.165) is 5.56 Å². The van der Waals surface area contributed by atoms with Crippen LogP contribution in [0.3, 0.4) is 0 Å². The summed E-state index contributed by atoms with van der Waals surface area (Å²) in [5, 5.41) is 18.5. The number of carbonyl (C=O) groups is 1. The van der Waals surface area contributed by atoms with Gasteiger partial charge in [0, 0.05) is 18.2 Å². The molecule has 0 heterocycles. The van der Waals surface area contributed by atoms with Crippen molar-refractivity contribution in [2.75, 3.05) is 12.3 Å². The number of anilines is 1. The van der Waals surface area contributed by atoms with Gasteiger partial charge < -0.3 is 20.7 Å². The average Bonchev–Trinajstić information content (AvgIpc) is 2.50. The lowest BCUT2D eigenvalue weighted by Crippen LogP contribution is -2.04. The topological polar surface area (TPSA) is 92.8 Å². The predicted octanol–water partition coefficient (Wildman–Crippen LogP) is 2.48. The molecule has 0 amide bonds. The normalized spacial score (nSPS) is 10.7. The second kappa shape index (κ2) is 7.17. The molecule has 5 heteroatoms. The van der Waals surface area contributed by atoms with Gasteiger partial charge in [-0.25, -0.2) is 4.79 Å². The first kappa shape index (κ1) is 15.4. The summed E-state index contributed by atoms with van der Waals surface area (Å²) in [4.78, 5) is 11.6. The molecule has 0 unspecified atom stereocenters. The van der Waals surface area contributed by atoms with Gasteiger partial charge in [0.25, 0.3) is 0 Å². The fourth-order valence-electron chi connectivity index (χ4n) is 1.81. The molecule has 0 bridgehead atoms. The van der Waals surface area contributed by atoms with E-state index in [0.29, 0.717) is 17.7 Å². The summed E-state index contributed by atoms with van der Waals surface area (Å²) in [5.41, 5.74) is 7.91. The molecule has 0 atom stereocenters.